The third-order valence-corrected chi connectivity index (χ3v) is 4.84. The van der Waals surface area contributed by atoms with Gasteiger partial charge in [0.2, 0.25) is 0 Å². The second-order valence-corrected chi connectivity index (χ2v) is 6.58. The lowest BCUT2D eigenvalue weighted by Gasteiger charge is -2.02. The van der Waals surface area contributed by atoms with E-state index in [4.69, 9.17) is 0 Å². The molecule has 3 rings (SSSR count). The maximum atomic E-state index is 13.0. The van der Waals surface area contributed by atoms with Crippen LogP contribution in [-0.4, -0.2) is 10.4 Å². The van der Waals surface area contributed by atoms with Gasteiger partial charge in [-0.25, -0.2) is 0 Å². The third kappa shape index (κ3) is 2.82. The van der Waals surface area contributed by atoms with Crippen LogP contribution in [0.4, 0.5) is 0 Å². The summed E-state index contributed by atoms with van der Waals surface area (Å²) < 4.78 is 3.21. The first-order valence-corrected chi connectivity index (χ1v) is 8.67. The second-order valence-electron chi connectivity index (χ2n) is 5.42. The molecule has 0 aliphatic rings. The topological polar surface area (TPSA) is 22.0 Å². The Balaban J connectivity index is 2.11. The van der Waals surface area contributed by atoms with Crippen molar-refractivity contribution in [3.8, 4) is 0 Å². The molecule has 0 aliphatic heterocycles. The Morgan fingerprint density at radius 1 is 1.05 bits per heavy atom. The van der Waals surface area contributed by atoms with Gasteiger partial charge in [0.15, 0.2) is 5.78 Å². The number of unbranched alkanes of at least 4 members (excludes halogenated alkanes) is 1. The molecule has 3 aromatic rings. The first-order chi connectivity index (χ1) is 10.7. The summed E-state index contributed by atoms with van der Waals surface area (Å²) in [5.41, 5.74) is 2.72. The van der Waals surface area contributed by atoms with Gasteiger partial charge in [-0.15, -0.1) is 0 Å². The van der Waals surface area contributed by atoms with Gasteiger partial charge in [0, 0.05) is 38.3 Å². The summed E-state index contributed by atoms with van der Waals surface area (Å²) >= 11 is 2.23. The zero-order valence-electron chi connectivity index (χ0n) is 12.6. The molecule has 0 N–H and O–H groups in total. The smallest absolute Gasteiger partial charge is 0.196 e. The first kappa shape index (κ1) is 15.3. The molecular formula is C19H18INO. The molecule has 0 fully saturated rings. The van der Waals surface area contributed by atoms with Crippen LogP contribution in [0.2, 0.25) is 0 Å². The van der Waals surface area contributed by atoms with Crippen LogP contribution in [0.3, 0.4) is 0 Å². The van der Waals surface area contributed by atoms with E-state index in [0.717, 1.165) is 45.0 Å². The summed E-state index contributed by atoms with van der Waals surface area (Å²) in [6.45, 7) is 3.14. The molecule has 0 bridgehead atoms. The van der Waals surface area contributed by atoms with E-state index in [2.05, 4.69) is 40.1 Å². The van der Waals surface area contributed by atoms with E-state index in [0.29, 0.717) is 0 Å². The van der Waals surface area contributed by atoms with Crippen LogP contribution >= 0.6 is 22.6 Å². The molecule has 0 saturated heterocycles. The molecule has 0 atom stereocenters. The van der Waals surface area contributed by atoms with Gasteiger partial charge in [-0.1, -0.05) is 43.7 Å². The Bertz CT molecular complexity index is 819. The number of carbonyl (C=O) groups excluding carboxylic acids is 1. The van der Waals surface area contributed by atoms with E-state index in [-0.39, 0.29) is 5.78 Å². The van der Waals surface area contributed by atoms with Crippen LogP contribution in [0.25, 0.3) is 10.9 Å². The molecule has 112 valence electrons. The minimum Gasteiger partial charge on any atom is -0.347 e. The van der Waals surface area contributed by atoms with Gasteiger partial charge >= 0.3 is 0 Å². The van der Waals surface area contributed by atoms with Crippen LogP contribution in [-0.2, 0) is 6.54 Å². The van der Waals surface area contributed by atoms with E-state index in [1.54, 1.807) is 0 Å². The zero-order valence-corrected chi connectivity index (χ0v) is 14.7. The Morgan fingerprint density at radius 3 is 2.55 bits per heavy atom. The van der Waals surface area contributed by atoms with Crippen molar-refractivity contribution < 1.29 is 4.79 Å². The predicted molar refractivity (Wildman–Crippen MR) is 99.4 cm³/mol. The Kier molecular flexibility index (Phi) is 4.62. The average Bonchev–Trinajstić information content (AvgIpc) is 2.92. The number of ketones is 1. The van der Waals surface area contributed by atoms with Crippen molar-refractivity contribution in [2.24, 2.45) is 0 Å². The number of halogens is 1. The predicted octanol–water partition coefficient (Wildman–Crippen LogP) is 5.28. The van der Waals surface area contributed by atoms with Crippen LogP contribution in [0.1, 0.15) is 35.7 Å². The van der Waals surface area contributed by atoms with Gasteiger partial charge in [0.05, 0.1) is 0 Å². The molecule has 2 nitrogen and oxygen atoms in total. The maximum absolute atomic E-state index is 13.0. The molecule has 3 heteroatoms. The van der Waals surface area contributed by atoms with E-state index >= 15 is 0 Å². The van der Waals surface area contributed by atoms with Crippen molar-refractivity contribution in [2.75, 3.05) is 0 Å². The second kappa shape index (κ2) is 6.65. The number of hydrogen-bond donors (Lipinski definition) is 0. The molecule has 1 aromatic heterocycles. The first-order valence-electron chi connectivity index (χ1n) is 7.59. The molecule has 2 aromatic carbocycles. The standard InChI is InChI=1S/C19H18INO/c1-2-3-12-21-13-16(14-8-5-7-11-18(14)21)19(22)15-9-4-6-10-17(15)20/h4-11,13H,2-3,12H2,1H3. The van der Waals surface area contributed by atoms with Gasteiger partial charge < -0.3 is 4.57 Å². The van der Waals surface area contributed by atoms with Gasteiger partial charge in [-0.3, -0.25) is 4.79 Å². The van der Waals surface area contributed by atoms with Crippen molar-refractivity contribution >= 4 is 39.3 Å². The summed E-state index contributed by atoms with van der Waals surface area (Å²) in [6, 6.07) is 15.9. The van der Waals surface area contributed by atoms with Crippen molar-refractivity contribution in [2.45, 2.75) is 26.3 Å². The SMILES string of the molecule is CCCCn1cc(C(=O)c2ccccc2I)c2ccccc21. The quantitative estimate of drug-likeness (QED) is 0.420. The lowest BCUT2D eigenvalue weighted by Crippen LogP contribution is -2.03. The highest BCUT2D eigenvalue weighted by Gasteiger charge is 2.18. The van der Waals surface area contributed by atoms with Crippen molar-refractivity contribution in [1.82, 2.24) is 4.57 Å². The fourth-order valence-electron chi connectivity index (χ4n) is 2.73. The minimum atomic E-state index is 0.108. The lowest BCUT2D eigenvalue weighted by atomic mass is 10.0. The summed E-state index contributed by atoms with van der Waals surface area (Å²) in [4.78, 5) is 13.0. The van der Waals surface area contributed by atoms with Crippen LogP contribution in [0, 0.1) is 3.57 Å². The van der Waals surface area contributed by atoms with Gasteiger partial charge in [-0.2, -0.15) is 0 Å². The Hall–Kier alpha value is -1.62. The van der Waals surface area contributed by atoms with E-state index in [9.17, 15) is 4.79 Å². The Morgan fingerprint density at radius 2 is 1.77 bits per heavy atom. The molecular weight excluding hydrogens is 385 g/mol. The van der Waals surface area contributed by atoms with E-state index in [1.165, 1.54) is 0 Å². The van der Waals surface area contributed by atoms with E-state index in [1.807, 2.05) is 48.7 Å². The van der Waals surface area contributed by atoms with Crippen molar-refractivity contribution in [3.63, 3.8) is 0 Å². The summed E-state index contributed by atoms with van der Waals surface area (Å²) in [5, 5.41) is 1.04. The van der Waals surface area contributed by atoms with E-state index < -0.39 is 0 Å². The zero-order chi connectivity index (χ0) is 15.5. The van der Waals surface area contributed by atoms with Crippen molar-refractivity contribution in [3.05, 3.63) is 69.4 Å². The van der Waals surface area contributed by atoms with Gasteiger partial charge in [0.25, 0.3) is 0 Å². The number of nitrogens with zero attached hydrogens (tertiary/aromatic N) is 1. The summed E-state index contributed by atoms with van der Waals surface area (Å²) in [5.74, 6) is 0.108. The maximum Gasteiger partial charge on any atom is 0.196 e. The molecule has 1 heterocycles. The average molecular weight is 403 g/mol. The monoisotopic (exact) mass is 403 g/mol. The highest BCUT2D eigenvalue weighted by atomic mass is 127. The normalized spacial score (nSPS) is 11.0. The number of carbonyl (C=O) groups is 1. The summed E-state index contributed by atoms with van der Waals surface area (Å²) in [7, 11) is 0. The molecule has 22 heavy (non-hydrogen) atoms. The van der Waals surface area contributed by atoms with Crippen molar-refractivity contribution in [1.29, 1.82) is 0 Å². The molecule has 0 radical (unpaired) electrons. The highest BCUT2D eigenvalue weighted by Crippen LogP contribution is 2.25. The molecule has 0 saturated carbocycles. The molecule has 0 spiro atoms. The van der Waals surface area contributed by atoms with Crippen LogP contribution < -0.4 is 0 Å². The molecule has 0 aliphatic carbocycles. The number of para-hydroxylation sites is 1. The number of fused-ring (bicyclic) bond motifs is 1. The molecule has 0 unspecified atom stereocenters. The summed E-state index contributed by atoms with van der Waals surface area (Å²) in [6.07, 6.45) is 4.29. The lowest BCUT2D eigenvalue weighted by molar-refractivity contribution is 0.103. The van der Waals surface area contributed by atoms with Gasteiger partial charge in [-0.05, 0) is 47.2 Å². The number of benzene rings is 2. The number of aromatic nitrogens is 1. The van der Waals surface area contributed by atoms with Crippen LogP contribution in [0.15, 0.2) is 54.7 Å². The highest BCUT2D eigenvalue weighted by molar-refractivity contribution is 14.1. The molecule has 0 amide bonds. The number of rotatable bonds is 5. The van der Waals surface area contributed by atoms with Crippen LogP contribution in [0.5, 0.6) is 0 Å². The fourth-order valence-corrected chi connectivity index (χ4v) is 3.36. The Labute approximate surface area is 144 Å². The fraction of sp³-hybridized carbons (Fsp3) is 0.211. The third-order valence-electron chi connectivity index (χ3n) is 3.90. The largest absolute Gasteiger partial charge is 0.347 e. The number of hydrogen-bond acceptors (Lipinski definition) is 1. The number of aryl methyl sites for hydroxylation is 1. The minimum absolute atomic E-state index is 0.108. The van der Waals surface area contributed by atoms with Gasteiger partial charge in [0.1, 0.15) is 0 Å².